The molecule has 0 saturated heterocycles. The van der Waals surface area contributed by atoms with Crippen LogP contribution in [0.5, 0.6) is 0 Å². The zero-order valence-corrected chi connectivity index (χ0v) is 24.3. The van der Waals surface area contributed by atoms with Gasteiger partial charge in [-0.15, -0.1) is 0 Å². The van der Waals surface area contributed by atoms with Gasteiger partial charge < -0.3 is 13.9 Å². The van der Waals surface area contributed by atoms with Crippen LogP contribution in [0, 0.1) is 16.7 Å². The molecular weight excluding hydrogens is 533 g/mol. The smallest absolute Gasteiger partial charge is 0.233 e. The summed E-state index contributed by atoms with van der Waals surface area (Å²) in [5.41, 5.74) is 1.12. The van der Waals surface area contributed by atoms with Gasteiger partial charge in [-0.25, -0.2) is 4.39 Å². The van der Waals surface area contributed by atoms with Gasteiger partial charge in [-0.05, 0) is 107 Å². The van der Waals surface area contributed by atoms with Gasteiger partial charge in [0, 0.05) is 34.5 Å². The van der Waals surface area contributed by atoms with Gasteiger partial charge >= 0.3 is 0 Å². The molecule has 8 nitrogen and oxygen atoms in total. The quantitative estimate of drug-likeness (QED) is 0.293. The maximum Gasteiger partial charge on any atom is 0.233 e. The van der Waals surface area contributed by atoms with Gasteiger partial charge in [0.1, 0.15) is 6.17 Å². The van der Waals surface area contributed by atoms with Crippen LogP contribution in [0.25, 0.3) is 11.4 Å². The third-order valence-corrected chi connectivity index (χ3v) is 12.2. The first-order valence-electron chi connectivity index (χ1n) is 16.0. The second-order valence-corrected chi connectivity index (χ2v) is 15.1. The average molecular weight is 572 g/mol. The molecule has 0 N–H and O–H groups in total. The van der Waals surface area contributed by atoms with E-state index >= 15 is 0 Å². The molecule has 8 saturated carbocycles. The van der Waals surface area contributed by atoms with Gasteiger partial charge in [0.05, 0.1) is 5.41 Å². The van der Waals surface area contributed by atoms with Gasteiger partial charge in [-0.1, -0.05) is 29.4 Å². The third-order valence-electron chi connectivity index (χ3n) is 12.2. The molecule has 0 radical (unpaired) electrons. The molecular formula is C33H38FN5O3. The van der Waals surface area contributed by atoms with E-state index < -0.39 is 11.6 Å². The highest BCUT2D eigenvalue weighted by atomic mass is 19.1. The Morgan fingerprint density at radius 1 is 0.952 bits per heavy atom. The monoisotopic (exact) mass is 571 g/mol. The van der Waals surface area contributed by atoms with Gasteiger partial charge in [0.15, 0.2) is 5.82 Å². The number of amides is 1. The Kier molecular flexibility index (Phi) is 5.14. The molecule has 4 bridgehead atoms. The summed E-state index contributed by atoms with van der Waals surface area (Å²) in [7, 11) is 0. The Morgan fingerprint density at radius 3 is 2.36 bits per heavy atom. The number of fused-ring (bicyclic) bond motifs is 4. The second-order valence-electron chi connectivity index (χ2n) is 15.1. The number of aromatic nitrogens is 4. The average Bonchev–Trinajstić information content (AvgIpc) is 3.73. The molecule has 0 aliphatic heterocycles. The summed E-state index contributed by atoms with van der Waals surface area (Å²) in [6, 6.07) is 8.00. The molecule has 9 heteroatoms. The molecule has 3 aromatic rings. The Balaban J connectivity index is 1.01. The largest absolute Gasteiger partial charge is 0.339 e. The number of rotatable bonds is 8. The lowest BCUT2D eigenvalue weighted by atomic mass is 9.53. The van der Waals surface area contributed by atoms with Crippen molar-refractivity contribution in [3.05, 3.63) is 41.9 Å². The number of carbonyl (C=O) groups is 1. The number of carbonyl (C=O) groups excluding carboxylic acids is 1. The summed E-state index contributed by atoms with van der Waals surface area (Å²) < 4.78 is 26.1. The first-order valence-corrected chi connectivity index (χ1v) is 16.0. The van der Waals surface area contributed by atoms with Crippen LogP contribution in [0.4, 0.5) is 10.1 Å². The molecule has 42 heavy (non-hydrogen) atoms. The summed E-state index contributed by atoms with van der Waals surface area (Å²) in [6.45, 7) is 2.81. The van der Waals surface area contributed by atoms with Gasteiger partial charge in [-0.3, -0.25) is 4.79 Å². The van der Waals surface area contributed by atoms with E-state index in [1.54, 1.807) is 0 Å². The molecule has 11 rings (SSSR count). The standard InChI is InChI=1S/C33H38FN5O3/c1-30(7-8-30)27-35-26(38-41-27)21-3-2-4-23(15-21)39(29(40)33-16-22(17-33)24(34)18-33)19-31-9-12-32(13-10-31,14-11-31)28-36-25(37-42-28)20-5-6-20/h2-4,15,20,22,24H,5-14,16-19H2,1H3/t22?,24-,31?,32?,33?/m1/s1. The van der Waals surface area contributed by atoms with E-state index in [1.807, 2.05) is 29.2 Å². The lowest BCUT2D eigenvalue weighted by molar-refractivity contribution is -0.132. The molecule has 1 amide bonds. The molecule has 0 unspecified atom stereocenters. The minimum Gasteiger partial charge on any atom is -0.339 e. The van der Waals surface area contributed by atoms with E-state index in [9.17, 15) is 9.18 Å². The Bertz CT molecular complexity index is 1540. The van der Waals surface area contributed by atoms with Crippen LogP contribution in [0.3, 0.4) is 0 Å². The minimum absolute atomic E-state index is 0.00674. The molecule has 8 fully saturated rings. The van der Waals surface area contributed by atoms with E-state index in [2.05, 4.69) is 17.2 Å². The number of alkyl halides is 1. The lowest BCUT2D eigenvalue weighted by Crippen LogP contribution is -2.54. The van der Waals surface area contributed by atoms with E-state index in [1.165, 1.54) is 12.8 Å². The zero-order valence-electron chi connectivity index (χ0n) is 24.3. The highest BCUT2D eigenvalue weighted by Gasteiger charge is 2.62. The Labute approximate surface area is 244 Å². The zero-order chi connectivity index (χ0) is 28.3. The van der Waals surface area contributed by atoms with Crippen molar-refractivity contribution in [1.29, 1.82) is 0 Å². The predicted octanol–water partition coefficient (Wildman–Crippen LogP) is 6.81. The predicted molar refractivity (Wildman–Crippen MR) is 151 cm³/mol. The minimum atomic E-state index is -0.859. The van der Waals surface area contributed by atoms with Crippen molar-refractivity contribution in [2.24, 2.45) is 16.7 Å². The second kappa shape index (κ2) is 8.50. The van der Waals surface area contributed by atoms with Crippen molar-refractivity contribution in [2.45, 2.75) is 113 Å². The van der Waals surface area contributed by atoms with E-state index in [0.29, 0.717) is 43.4 Å². The summed E-state index contributed by atoms with van der Waals surface area (Å²) >= 11 is 0. The van der Waals surface area contributed by atoms with Crippen molar-refractivity contribution < 1.29 is 18.2 Å². The van der Waals surface area contributed by atoms with E-state index in [-0.39, 0.29) is 28.1 Å². The maximum absolute atomic E-state index is 14.7. The van der Waals surface area contributed by atoms with Crippen LogP contribution in [0.1, 0.15) is 114 Å². The first-order chi connectivity index (χ1) is 20.3. The highest BCUT2D eigenvalue weighted by molar-refractivity contribution is 5.99. The van der Waals surface area contributed by atoms with Crippen molar-refractivity contribution >= 4 is 11.6 Å². The number of nitrogens with zero attached hydrogens (tertiary/aromatic N) is 5. The van der Waals surface area contributed by atoms with E-state index in [4.69, 9.17) is 19.0 Å². The molecule has 8 aliphatic rings. The van der Waals surface area contributed by atoms with Crippen LogP contribution in [-0.4, -0.2) is 38.9 Å². The fraction of sp³-hybridized carbons (Fsp3) is 0.667. The van der Waals surface area contributed by atoms with Crippen LogP contribution >= 0.6 is 0 Å². The number of hydrogen-bond donors (Lipinski definition) is 0. The fourth-order valence-corrected chi connectivity index (χ4v) is 8.65. The Hall–Kier alpha value is -3.10. The topological polar surface area (TPSA) is 98.2 Å². The van der Waals surface area contributed by atoms with Gasteiger partial charge in [0.2, 0.25) is 23.5 Å². The van der Waals surface area contributed by atoms with Crippen molar-refractivity contribution in [3.8, 4) is 11.4 Å². The van der Waals surface area contributed by atoms with Crippen LogP contribution < -0.4 is 4.90 Å². The molecule has 2 aromatic heterocycles. The summed E-state index contributed by atoms with van der Waals surface area (Å²) in [4.78, 5) is 26.0. The number of anilines is 1. The number of halogens is 1. The summed E-state index contributed by atoms with van der Waals surface area (Å²) in [6.07, 6.45) is 11.4. The first kappa shape index (κ1) is 25.4. The normalized spacial score (nSPS) is 35.7. The molecule has 1 aromatic carbocycles. The molecule has 1 atom stereocenters. The molecule has 8 aliphatic carbocycles. The fourth-order valence-electron chi connectivity index (χ4n) is 8.65. The third kappa shape index (κ3) is 3.80. The van der Waals surface area contributed by atoms with Gasteiger partial charge in [0.25, 0.3) is 0 Å². The van der Waals surface area contributed by atoms with Crippen LogP contribution in [0.2, 0.25) is 0 Å². The van der Waals surface area contributed by atoms with Crippen molar-refractivity contribution in [3.63, 3.8) is 0 Å². The number of hydrogen-bond acceptors (Lipinski definition) is 7. The maximum atomic E-state index is 14.7. The number of benzene rings is 1. The van der Waals surface area contributed by atoms with E-state index in [0.717, 1.165) is 74.3 Å². The Morgan fingerprint density at radius 2 is 1.69 bits per heavy atom. The SMILES string of the molecule is CC1(c2nc(-c3cccc(N(CC45CCC(c6nc(C7CC7)no6)(CC4)CC5)C(=O)C45CC(C4)[C@H](F)C5)c3)no2)CC1. The van der Waals surface area contributed by atoms with Crippen molar-refractivity contribution in [2.75, 3.05) is 11.4 Å². The molecule has 2 heterocycles. The van der Waals surface area contributed by atoms with Crippen LogP contribution in [0.15, 0.2) is 33.3 Å². The van der Waals surface area contributed by atoms with Gasteiger partial charge in [-0.2, -0.15) is 9.97 Å². The lowest BCUT2D eigenvalue weighted by Gasteiger charge is -2.54. The van der Waals surface area contributed by atoms with Crippen molar-refractivity contribution in [1.82, 2.24) is 20.3 Å². The summed E-state index contributed by atoms with van der Waals surface area (Å²) in [5.74, 6) is 3.59. The van der Waals surface area contributed by atoms with Crippen LogP contribution in [-0.2, 0) is 15.6 Å². The molecule has 220 valence electrons. The summed E-state index contributed by atoms with van der Waals surface area (Å²) in [5, 5.41) is 8.61. The highest BCUT2D eigenvalue weighted by Crippen LogP contribution is 2.62. The molecule has 0 spiro atoms.